The van der Waals surface area contributed by atoms with Crippen LogP contribution in [0.5, 0.6) is 0 Å². The van der Waals surface area contributed by atoms with Gasteiger partial charge in [0.1, 0.15) is 6.10 Å². The zero-order valence-corrected chi connectivity index (χ0v) is 20.3. The van der Waals surface area contributed by atoms with Crippen molar-refractivity contribution in [3.63, 3.8) is 0 Å². The highest BCUT2D eigenvalue weighted by Crippen LogP contribution is 2.67. The predicted octanol–water partition coefficient (Wildman–Crippen LogP) is 3.21. The van der Waals surface area contributed by atoms with E-state index in [1.54, 1.807) is 12.2 Å². The van der Waals surface area contributed by atoms with Gasteiger partial charge in [-0.05, 0) is 43.8 Å². The molecule has 0 radical (unpaired) electrons. The number of allylic oxidation sites excluding steroid dienone is 4. The quantitative estimate of drug-likeness (QED) is 0.487. The summed E-state index contributed by atoms with van der Waals surface area (Å²) in [6, 6.07) is 0. The van der Waals surface area contributed by atoms with E-state index in [4.69, 9.17) is 14.2 Å². The predicted molar refractivity (Wildman–Crippen MR) is 122 cm³/mol. The summed E-state index contributed by atoms with van der Waals surface area (Å²) in [7, 11) is 0. The number of ether oxygens (including phenoxy) is 3. The summed E-state index contributed by atoms with van der Waals surface area (Å²) in [6.45, 7) is 7.02. The first-order valence-electron chi connectivity index (χ1n) is 12.4. The van der Waals surface area contributed by atoms with E-state index < -0.39 is 40.9 Å². The lowest BCUT2D eigenvalue weighted by molar-refractivity contribution is -0.178. The van der Waals surface area contributed by atoms with Crippen LogP contribution in [0.1, 0.15) is 59.8 Å². The van der Waals surface area contributed by atoms with E-state index in [1.807, 2.05) is 19.9 Å². The minimum atomic E-state index is -1.33. The Morgan fingerprint density at radius 2 is 2.06 bits per heavy atom. The third-order valence-electron chi connectivity index (χ3n) is 9.03. The molecule has 1 N–H and O–H groups in total. The molecule has 7 nitrogen and oxygen atoms in total. The number of aliphatic hydroxyl groups excluding tert-OH is 1. The highest BCUT2D eigenvalue weighted by molar-refractivity contribution is 6.01. The lowest BCUT2D eigenvalue weighted by Crippen LogP contribution is -2.63. The molecule has 1 saturated heterocycles. The lowest BCUT2D eigenvalue weighted by Gasteiger charge is -2.58. The Morgan fingerprint density at radius 3 is 2.76 bits per heavy atom. The molecule has 0 aromatic heterocycles. The van der Waals surface area contributed by atoms with Crippen molar-refractivity contribution in [2.45, 2.75) is 83.9 Å². The van der Waals surface area contributed by atoms with Crippen LogP contribution in [0, 0.1) is 22.7 Å². The number of carbonyl (C=O) groups excluding carboxylic acids is 3. The number of esters is 1. The molecule has 0 bridgehead atoms. The SMILES string of the molecule is CCCC1O[C@@H]2C=C3[C@@H]4CCC5=CC(=O)C=C[C@]5(C)[C@H]4[C@@H](O)C[C@]3(C)[C@]2(C(=O)COC(C)=O)O1. The van der Waals surface area contributed by atoms with Crippen LogP contribution in [0.3, 0.4) is 0 Å². The summed E-state index contributed by atoms with van der Waals surface area (Å²) in [6.07, 6.45) is 8.88. The van der Waals surface area contributed by atoms with Crippen molar-refractivity contribution in [1.29, 1.82) is 0 Å². The summed E-state index contributed by atoms with van der Waals surface area (Å²) >= 11 is 0. The number of rotatable bonds is 5. The Kier molecular flexibility index (Phi) is 5.54. The van der Waals surface area contributed by atoms with E-state index in [2.05, 4.69) is 13.0 Å². The van der Waals surface area contributed by atoms with Gasteiger partial charge in [0.2, 0.25) is 5.78 Å². The molecule has 0 spiro atoms. The maximum absolute atomic E-state index is 13.7. The van der Waals surface area contributed by atoms with Gasteiger partial charge in [-0.15, -0.1) is 0 Å². The van der Waals surface area contributed by atoms with Crippen LogP contribution in [-0.4, -0.2) is 53.3 Å². The topological polar surface area (TPSA) is 99.1 Å². The lowest BCUT2D eigenvalue weighted by atomic mass is 9.47. The molecule has 1 aliphatic heterocycles. The molecule has 1 heterocycles. The van der Waals surface area contributed by atoms with Crippen LogP contribution < -0.4 is 0 Å². The summed E-state index contributed by atoms with van der Waals surface area (Å²) in [5.41, 5.74) is -0.386. The highest BCUT2D eigenvalue weighted by Gasteiger charge is 2.72. The van der Waals surface area contributed by atoms with Gasteiger partial charge in [-0.3, -0.25) is 14.4 Å². The third-order valence-corrected chi connectivity index (χ3v) is 9.03. The van der Waals surface area contributed by atoms with E-state index in [1.165, 1.54) is 6.92 Å². The summed E-state index contributed by atoms with van der Waals surface area (Å²) in [5, 5.41) is 11.6. The van der Waals surface area contributed by atoms with Crippen molar-refractivity contribution in [1.82, 2.24) is 0 Å². The molecule has 2 saturated carbocycles. The van der Waals surface area contributed by atoms with Gasteiger partial charge in [0.05, 0.1) is 6.10 Å². The number of hydrogen-bond donors (Lipinski definition) is 1. The molecular weight excluding hydrogens is 436 g/mol. The number of fused-ring (bicyclic) bond motifs is 7. The zero-order chi connectivity index (χ0) is 24.5. The second kappa shape index (κ2) is 7.97. The number of carbonyl (C=O) groups is 3. The Morgan fingerprint density at radius 1 is 1.29 bits per heavy atom. The fourth-order valence-electron chi connectivity index (χ4n) is 7.57. The fraction of sp³-hybridized carbons (Fsp3) is 0.667. The first-order chi connectivity index (χ1) is 16.1. The molecule has 8 atom stereocenters. The van der Waals surface area contributed by atoms with E-state index in [0.717, 1.165) is 30.4 Å². The van der Waals surface area contributed by atoms with Crippen molar-refractivity contribution in [2.75, 3.05) is 6.61 Å². The van der Waals surface area contributed by atoms with Crippen molar-refractivity contribution >= 4 is 17.5 Å². The van der Waals surface area contributed by atoms with Crippen LogP contribution in [0.15, 0.2) is 35.5 Å². The zero-order valence-electron chi connectivity index (χ0n) is 20.3. The van der Waals surface area contributed by atoms with Gasteiger partial charge in [0.15, 0.2) is 24.3 Å². The van der Waals surface area contributed by atoms with Gasteiger partial charge in [0, 0.05) is 23.7 Å². The molecule has 0 aromatic carbocycles. The minimum Gasteiger partial charge on any atom is -0.458 e. The molecule has 3 fully saturated rings. The van der Waals surface area contributed by atoms with Crippen LogP contribution in [-0.2, 0) is 28.6 Å². The van der Waals surface area contributed by atoms with Crippen molar-refractivity contribution < 1.29 is 33.7 Å². The molecule has 0 aromatic rings. The number of ketones is 2. The second-order valence-electron chi connectivity index (χ2n) is 10.9. The molecule has 1 unspecified atom stereocenters. The summed E-state index contributed by atoms with van der Waals surface area (Å²) in [5.74, 6) is -0.939. The van der Waals surface area contributed by atoms with Crippen LogP contribution in [0.2, 0.25) is 0 Å². The number of aliphatic hydroxyl groups is 1. The first-order valence-corrected chi connectivity index (χ1v) is 12.4. The molecular formula is C27H34O7. The van der Waals surface area contributed by atoms with Crippen LogP contribution >= 0.6 is 0 Å². The minimum absolute atomic E-state index is 0.00513. The van der Waals surface area contributed by atoms with E-state index in [-0.39, 0.29) is 30.0 Å². The van der Waals surface area contributed by atoms with Gasteiger partial charge in [-0.25, -0.2) is 0 Å². The van der Waals surface area contributed by atoms with Gasteiger partial charge in [0.25, 0.3) is 0 Å². The van der Waals surface area contributed by atoms with Crippen molar-refractivity contribution in [3.8, 4) is 0 Å². The maximum Gasteiger partial charge on any atom is 0.303 e. The summed E-state index contributed by atoms with van der Waals surface area (Å²) < 4.78 is 17.8. The van der Waals surface area contributed by atoms with Crippen molar-refractivity contribution in [2.24, 2.45) is 22.7 Å². The average molecular weight is 471 g/mol. The van der Waals surface area contributed by atoms with Gasteiger partial charge < -0.3 is 19.3 Å². The Labute approximate surface area is 200 Å². The highest BCUT2D eigenvalue weighted by atomic mass is 16.7. The van der Waals surface area contributed by atoms with E-state index >= 15 is 0 Å². The number of hydrogen-bond acceptors (Lipinski definition) is 7. The van der Waals surface area contributed by atoms with Crippen LogP contribution in [0.4, 0.5) is 0 Å². The van der Waals surface area contributed by atoms with Gasteiger partial charge in [-0.1, -0.05) is 50.5 Å². The average Bonchev–Trinajstić information content (AvgIpc) is 3.25. The van der Waals surface area contributed by atoms with E-state index in [9.17, 15) is 19.5 Å². The molecule has 0 amide bonds. The first kappa shape index (κ1) is 23.6. The number of Topliss-reactive ketones (excluding diaryl/α,β-unsaturated/α-hetero) is 1. The third kappa shape index (κ3) is 3.09. The monoisotopic (exact) mass is 470 g/mol. The van der Waals surface area contributed by atoms with E-state index in [0.29, 0.717) is 12.8 Å². The summed E-state index contributed by atoms with van der Waals surface area (Å²) in [4.78, 5) is 37.2. The molecule has 5 rings (SSSR count). The van der Waals surface area contributed by atoms with Crippen LogP contribution in [0.25, 0.3) is 0 Å². The maximum atomic E-state index is 13.7. The molecule has 184 valence electrons. The second-order valence-corrected chi connectivity index (χ2v) is 10.9. The molecule has 34 heavy (non-hydrogen) atoms. The fourth-order valence-corrected chi connectivity index (χ4v) is 7.57. The Hall–Kier alpha value is -2.09. The normalized spacial score (nSPS) is 44.4. The smallest absolute Gasteiger partial charge is 0.303 e. The Bertz CT molecular complexity index is 1020. The Balaban J connectivity index is 1.56. The molecule has 4 aliphatic carbocycles. The van der Waals surface area contributed by atoms with Gasteiger partial charge >= 0.3 is 5.97 Å². The molecule has 5 aliphatic rings. The van der Waals surface area contributed by atoms with Crippen molar-refractivity contribution in [3.05, 3.63) is 35.5 Å². The largest absolute Gasteiger partial charge is 0.458 e. The van der Waals surface area contributed by atoms with Gasteiger partial charge in [-0.2, -0.15) is 0 Å². The molecule has 7 heteroatoms. The standard InChI is InChI=1S/C27H34O7/c1-5-6-23-33-22-12-19-18-8-7-16-11-17(29)9-10-25(16,3)24(18)20(30)13-26(19,4)27(22,34-23)21(31)14-32-15(2)28/h9-12,18,20,22-24,30H,5-8,13-14H2,1-4H3/t18-,20-,22+,23?,24+,25-,26-,27+/m0/s1.